The van der Waals surface area contributed by atoms with Gasteiger partial charge in [0.2, 0.25) is 0 Å². The van der Waals surface area contributed by atoms with Crippen LogP contribution in [0.2, 0.25) is 0 Å². The highest BCUT2D eigenvalue weighted by molar-refractivity contribution is 5.87. The first-order valence-corrected chi connectivity index (χ1v) is 7.66. The minimum Gasteiger partial charge on any atom is -0.493 e. The molecule has 0 fully saturated rings. The molecule has 0 amide bonds. The van der Waals surface area contributed by atoms with E-state index in [1.807, 2.05) is 18.3 Å². The molecule has 0 aliphatic heterocycles. The van der Waals surface area contributed by atoms with E-state index in [0.29, 0.717) is 5.92 Å². The summed E-state index contributed by atoms with van der Waals surface area (Å²) in [6.45, 7) is 4.39. The van der Waals surface area contributed by atoms with Crippen LogP contribution in [0.25, 0.3) is 10.8 Å². The zero-order valence-corrected chi connectivity index (χ0v) is 13.8. The minimum atomic E-state index is 0.200. The predicted molar refractivity (Wildman–Crippen MR) is 90.1 cm³/mol. The van der Waals surface area contributed by atoms with E-state index in [9.17, 15) is 0 Å². The molecule has 0 aliphatic rings. The first-order valence-electron chi connectivity index (χ1n) is 7.66. The molecule has 0 saturated carbocycles. The van der Waals surface area contributed by atoms with E-state index in [0.717, 1.165) is 28.0 Å². The first-order chi connectivity index (χ1) is 11.1. The van der Waals surface area contributed by atoms with Crippen LogP contribution < -0.4 is 9.47 Å². The van der Waals surface area contributed by atoms with E-state index in [4.69, 9.17) is 9.47 Å². The smallest absolute Gasteiger partial charge is 0.161 e. The lowest BCUT2D eigenvalue weighted by atomic mass is 9.85. The van der Waals surface area contributed by atoms with Gasteiger partial charge in [-0.15, -0.1) is 5.10 Å². The number of aromatic nitrogens is 3. The van der Waals surface area contributed by atoms with E-state index in [1.165, 1.54) is 5.56 Å². The van der Waals surface area contributed by atoms with Gasteiger partial charge in [0.05, 0.1) is 19.9 Å². The number of H-pyrrole nitrogens is 1. The van der Waals surface area contributed by atoms with E-state index < -0.39 is 0 Å². The molecule has 0 spiro atoms. The number of rotatable bonds is 5. The first kappa shape index (κ1) is 15.3. The summed E-state index contributed by atoms with van der Waals surface area (Å²) in [5.74, 6) is 2.09. The topological polar surface area (TPSA) is 60.0 Å². The van der Waals surface area contributed by atoms with Gasteiger partial charge in [-0.3, -0.25) is 5.10 Å². The van der Waals surface area contributed by atoms with Gasteiger partial charge in [0, 0.05) is 12.1 Å². The van der Waals surface area contributed by atoms with Gasteiger partial charge in [0.1, 0.15) is 0 Å². The van der Waals surface area contributed by atoms with Crippen LogP contribution in [0.5, 0.6) is 11.5 Å². The Morgan fingerprint density at radius 1 is 0.957 bits per heavy atom. The molecule has 1 atom stereocenters. The highest BCUT2D eigenvalue weighted by atomic mass is 16.5. The fourth-order valence-corrected chi connectivity index (χ4v) is 3.05. The van der Waals surface area contributed by atoms with Crippen LogP contribution in [0.15, 0.2) is 36.5 Å². The quantitative estimate of drug-likeness (QED) is 0.779. The Balaban J connectivity index is 2.11. The highest BCUT2D eigenvalue weighted by Crippen LogP contribution is 2.36. The van der Waals surface area contributed by atoms with Gasteiger partial charge < -0.3 is 9.47 Å². The zero-order valence-electron chi connectivity index (χ0n) is 13.8. The summed E-state index contributed by atoms with van der Waals surface area (Å²) in [6, 6.07) is 10.5. The van der Waals surface area contributed by atoms with Crippen LogP contribution in [0.1, 0.15) is 31.0 Å². The van der Waals surface area contributed by atoms with Crippen molar-refractivity contribution < 1.29 is 9.47 Å². The molecule has 0 radical (unpaired) electrons. The monoisotopic (exact) mass is 311 g/mol. The van der Waals surface area contributed by atoms with E-state index >= 15 is 0 Å². The molecule has 0 aliphatic carbocycles. The number of ether oxygens (including phenoxy) is 2. The summed E-state index contributed by atoms with van der Waals surface area (Å²) in [7, 11) is 3.30. The van der Waals surface area contributed by atoms with Crippen molar-refractivity contribution in [1.82, 2.24) is 15.4 Å². The van der Waals surface area contributed by atoms with Gasteiger partial charge >= 0.3 is 0 Å². The maximum atomic E-state index is 5.41. The number of aromatic amines is 1. The van der Waals surface area contributed by atoms with E-state index in [2.05, 4.69) is 47.5 Å². The van der Waals surface area contributed by atoms with E-state index in [1.54, 1.807) is 14.2 Å². The molecule has 1 aromatic heterocycles. The van der Waals surface area contributed by atoms with Crippen LogP contribution in [0.3, 0.4) is 0 Å². The molecule has 1 unspecified atom stereocenters. The molecular formula is C18H21N3O2. The lowest BCUT2D eigenvalue weighted by molar-refractivity contribution is 0.356. The Kier molecular flexibility index (Phi) is 4.19. The van der Waals surface area contributed by atoms with Crippen LogP contribution >= 0.6 is 0 Å². The van der Waals surface area contributed by atoms with Gasteiger partial charge in [-0.05, 0) is 34.4 Å². The summed E-state index contributed by atoms with van der Waals surface area (Å²) in [6.07, 6.45) is 1.86. The van der Waals surface area contributed by atoms with Crippen LogP contribution in [0.4, 0.5) is 0 Å². The van der Waals surface area contributed by atoms with Crippen molar-refractivity contribution in [2.75, 3.05) is 14.2 Å². The van der Waals surface area contributed by atoms with Crippen molar-refractivity contribution in [1.29, 1.82) is 0 Å². The second-order valence-electron chi connectivity index (χ2n) is 5.93. The third-order valence-corrected chi connectivity index (χ3v) is 4.15. The molecule has 0 saturated heterocycles. The molecule has 2 aromatic carbocycles. The fourth-order valence-electron chi connectivity index (χ4n) is 3.05. The molecule has 5 nitrogen and oxygen atoms in total. The summed E-state index contributed by atoms with van der Waals surface area (Å²) in [5, 5.41) is 13.1. The summed E-state index contributed by atoms with van der Waals surface area (Å²) < 4.78 is 10.8. The van der Waals surface area contributed by atoms with Gasteiger partial charge in [0.15, 0.2) is 11.5 Å². The Morgan fingerprint density at radius 3 is 2.22 bits per heavy atom. The number of hydrogen-bond acceptors (Lipinski definition) is 4. The van der Waals surface area contributed by atoms with Gasteiger partial charge in [-0.2, -0.15) is 0 Å². The molecule has 5 heteroatoms. The maximum Gasteiger partial charge on any atom is 0.161 e. The average Bonchev–Trinajstić information content (AvgIpc) is 3.07. The van der Waals surface area contributed by atoms with Crippen molar-refractivity contribution in [3.63, 3.8) is 0 Å². The minimum absolute atomic E-state index is 0.200. The van der Waals surface area contributed by atoms with E-state index in [-0.39, 0.29) is 5.92 Å². The van der Waals surface area contributed by atoms with Crippen molar-refractivity contribution >= 4 is 10.8 Å². The number of fused-ring (bicyclic) bond motifs is 1. The van der Waals surface area contributed by atoms with Crippen LogP contribution in [0, 0.1) is 5.92 Å². The predicted octanol–water partition coefficient (Wildman–Crippen LogP) is 3.76. The lowest BCUT2D eigenvalue weighted by Crippen LogP contribution is -2.09. The standard InChI is InChI=1S/C18H21N3O2/c1-11(2)18(15-10-19-21-20-15)13-6-5-12-8-16(22-3)17(23-4)9-14(12)7-13/h5-11,18H,1-4H3,(H,19,20,21). The molecule has 3 aromatic rings. The van der Waals surface area contributed by atoms with Crippen molar-refractivity contribution in [2.45, 2.75) is 19.8 Å². The maximum absolute atomic E-state index is 5.41. The Morgan fingerprint density at radius 2 is 1.65 bits per heavy atom. The third-order valence-electron chi connectivity index (χ3n) is 4.15. The molecule has 1 heterocycles. The number of nitrogens with one attached hydrogen (secondary N) is 1. The average molecular weight is 311 g/mol. The fraction of sp³-hybridized carbons (Fsp3) is 0.333. The largest absolute Gasteiger partial charge is 0.493 e. The summed E-state index contributed by atoms with van der Waals surface area (Å²) >= 11 is 0. The molecule has 1 N–H and O–H groups in total. The molecule has 120 valence electrons. The van der Waals surface area contributed by atoms with Gasteiger partial charge in [-0.25, -0.2) is 0 Å². The zero-order chi connectivity index (χ0) is 16.4. The Hall–Kier alpha value is -2.56. The molecule has 23 heavy (non-hydrogen) atoms. The van der Waals surface area contributed by atoms with Crippen LogP contribution in [-0.2, 0) is 0 Å². The summed E-state index contributed by atoms with van der Waals surface area (Å²) in [5.41, 5.74) is 2.17. The second-order valence-corrected chi connectivity index (χ2v) is 5.93. The lowest BCUT2D eigenvalue weighted by Gasteiger charge is -2.19. The molecule has 0 bridgehead atoms. The van der Waals surface area contributed by atoms with Crippen molar-refractivity contribution in [2.24, 2.45) is 5.92 Å². The second kappa shape index (κ2) is 6.28. The number of methoxy groups -OCH3 is 2. The third kappa shape index (κ3) is 2.86. The number of benzene rings is 2. The summed E-state index contributed by atoms with van der Waals surface area (Å²) in [4.78, 5) is 0. The van der Waals surface area contributed by atoms with Crippen molar-refractivity contribution in [3.8, 4) is 11.5 Å². The molecule has 3 rings (SSSR count). The van der Waals surface area contributed by atoms with Crippen LogP contribution in [-0.4, -0.2) is 29.6 Å². The SMILES string of the molecule is COc1cc2ccc(C(c3c[nH]nn3)C(C)C)cc2cc1OC. The normalized spacial score (nSPS) is 12.6. The highest BCUT2D eigenvalue weighted by Gasteiger charge is 2.21. The Bertz CT molecular complexity index is 797. The number of nitrogens with zero attached hydrogens (tertiary/aromatic N) is 2. The number of hydrogen-bond donors (Lipinski definition) is 1. The van der Waals surface area contributed by atoms with Gasteiger partial charge in [-0.1, -0.05) is 37.3 Å². The van der Waals surface area contributed by atoms with Crippen molar-refractivity contribution in [3.05, 3.63) is 47.8 Å². The van der Waals surface area contributed by atoms with Gasteiger partial charge in [0.25, 0.3) is 0 Å². The Labute approximate surface area is 135 Å². The molecular weight excluding hydrogens is 290 g/mol.